The molecule has 0 aliphatic heterocycles. The topological polar surface area (TPSA) is 72.2 Å². The summed E-state index contributed by atoms with van der Waals surface area (Å²) in [5, 5.41) is 2.98. The van der Waals surface area contributed by atoms with Crippen LogP contribution in [0.25, 0.3) is 0 Å². The first-order valence-corrected chi connectivity index (χ1v) is 7.60. The van der Waals surface area contributed by atoms with Crippen molar-refractivity contribution in [1.82, 2.24) is 5.32 Å². The Labute approximate surface area is 136 Å². The predicted octanol–water partition coefficient (Wildman–Crippen LogP) is 3.66. The molecular weight excluding hydrogens is 276 g/mol. The molecule has 0 fully saturated rings. The van der Waals surface area contributed by atoms with Gasteiger partial charge in [-0.3, -0.25) is 9.59 Å². The van der Waals surface area contributed by atoms with Gasteiger partial charge in [-0.05, 0) is 46.0 Å². The van der Waals surface area contributed by atoms with E-state index >= 15 is 0 Å². The van der Waals surface area contributed by atoms with Crippen molar-refractivity contribution < 1.29 is 9.59 Å². The smallest absolute Gasteiger partial charge is 0.224 e. The van der Waals surface area contributed by atoms with Gasteiger partial charge in [-0.2, -0.15) is 0 Å². The van der Waals surface area contributed by atoms with Crippen LogP contribution in [-0.2, 0) is 9.59 Å². The van der Waals surface area contributed by atoms with Crippen molar-refractivity contribution in [1.29, 1.82) is 0 Å². The highest BCUT2D eigenvalue weighted by Gasteiger charge is 2.35. The average Bonchev–Trinajstić information content (AvgIpc) is 2.23. The fraction of sp³-hybridized carbons (Fsp3) is 0.778. The maximum Gasteiger partial charge on any atom is 0.224 e. The van der Waals surface area contributed by atoms with Gasteiger partial charge in [0.1, 0.15) is 0 Å². The lowest BCUT2D eigenvalue weighted by molar-refractivity contribution is -0.135. The van der Waals surface area contributed by atoms with Gasteiger partial charge >= 0.3 is 0 Å². The zero-order valence-electron chi connectivity index (χ0n) is 14.6. The molecular formula is C18H36N2O2. The van der Waals surface area contributed by atoms with Gasteiger partial charge in [0.05, 0.1) is 11.8 Å². The third-order valence-electron chi connectivity index (χ3n) is 3.14. The van der Waals surface area contributed by atoms with Crippen LogP contribution < -0.4 is 11.1 Å². The van der Waals surface area contributed by atoms with E-state index in [4.69, 9.17) is 5.73 Å². The first-order valence-electron chi connectivity index (χ1n) is 7.60. The largest absolute Gasteiger partial charge is 0.369 e. The number of carbonyl (C=O) groups excluding carboxylic acids is 2. The van der Waals surface area contributed by atoms with Crippen molar-refractivity contribution >= 4 is 11.8 Å². The summed E-state index contributed by atoms with van der Waals surface area (Å²) < 4.78 is 0. The van der Waals surface area contributed by atoms with Crippen LogP contribution in [-0.4, -0.2) is 17.4 Å². The quantitative estimate of drug-likeness (QED) is 0.735. The number of rotatable bonds is 6. The zero-order chi connectivity index (χ0) is 16.8. The third-order valence-corrected chi connectivity index (χ3v) is 3.14. The maximum absolute atomic E-state index is 12.6. The van der Waals surface area contributed by atoms with E-state index in [0.29, 0.717) is 12.8 Å². The Morgan fingerprint density at radius 1 is 1.09 bits per heavy atom. The molecule has 0 unspecified atom stereocenters. The van der Waals surface area contributed by atoms with Crippen molar-refractivity contribution in [2.45, 2.75) is 74.3 Å². The minimum atomic E-state index is -0.470. The lowest BCUT2D eigenvalue weighted by atomic mass is 9.76. The van der Waals surface area contributed by atoms with Crippen molar-refractivity contribution in [3.05, 3.63) is 12.2 Å². The molecule has 0 saturated carbocycles. The molecule has 2 amide bonds. The molecule has 0 rings (SSSR count). The number of hydrogen-bond acceptors (Lipinski definition) is 2. The van der Waals surface area contributed by atoms with Crippen molar-refractivity contribution in [2.75, 3.05) is 0 Å². The van der Waals surface area contributed by atoms with Gasteiger partial charge in [0.15, 0.2) is 0 Å². The van der Waals surface area contributed by atoms with Crippen LogP contribution >= 0.6 is 0 Å². The molecule has 130 valence electrons. The van der Waals surface area contributed by atoms with E-state index in [1.807, 2.05) is 39.8 Å². The Morgan fingerprint density at radius 2 is 1.59 bits per heavy atom. The Hall–Kier alpha value is -1.32. The Balaban J connectivity index is 0. The molecule has 0 saturated heterocycles. The van der Waals surface area contributed by atoms with Crippen LogP contribution in [0.4, 0.5) is 0 Å². The summed E-state index contributed by atoms with van der Waals surface area (Å²) in [5.74, 6) is -1.38. The van der Waals surface area contributed by atoms with E-state index < -0.39 is 17.7 Å². The Kier molecular flexibility index (Phi) is 9.35. The van der Waals surface area contributed by atoms with Crippen LogP contribution in [0.1, 0.15) is 68.7 Å². The van der Waals surface area contributed by atoms with Gasteiger partial charge < -0.3 is 11.1 Å². The highest BCUT2D eigenvalue weighted by atomic mass is 16.2. The molecule has 0 bridgehead atoms. The minimum absolute atomic E-state index is 0. The molecule has 4 heteroatoms. The summed E-state index contributed by atoms with van der Waals surface area (Å²) in [6.07, 6.45) is 4.91. The molecule has 4 nitrogen and oxygen atoms in total. The van der Waals surface area contributed by atoms with Crippen LogP contribution in [0.15, 0.2) is 12.2 Å². The molecule has 0 aromatic heterocycles. The molecule has 0 aliphatic carbocycles. The second-order valence-corrected chi connectivity index (χ2v) is 7.92. The number of hydrogen-bond donors (Lipinski definition) is 2. The van der Waals surface area contributed by atoms with E-state index in [2.05, 4.69) is 26.1 Å². The normalized spacial score (nSPS) is 15.0. The van der Waals surface area contributed by atoms with E-state index in [9.17, 15) is 9.59 Å². The predicted molar refractivity (Wildman–Crippen MR) is 94.3 cm³/mol. The molecule has 0 aromatic rings. The van der Waals surface area contributed by atoms with Gasteiger partial charge in [0, 0.05) is 5.54 Å². The summed E-state index contributed by atoms with van der Waals surface area (Å²) in [6, 6.07) is 0. The third kappa shape index (κ3) is 9.59. The summed E-state index contributed by atoms with van der Waals surface area (Å²) in [7, 11) is 0. The van der Waals surface area contributed by atoms with Crippen molar-refractivity contribution in [3.63, 3.8) is 0 Å². The average molecular weight is 312 g/mol. The first kappa shape index (κ1) is 23.0. The first-order chi connectivity index (χ1) is 9.37. The van der Waals surface area contributed by atoms with Gasteiger partial charge in [-0.15, -0.1) is 0 Å². The van der Waals surface area contributed by atoms with Crippen molar-refractivity contribution in [2.24, 2.45) is 23.0 Å². The van der Waals surface area contributed by atoms with Gasteiger partial charge in [0.25, 0.3) is 0 Å². The van der Waals surface area contributed by atoms with Crippen LogP contribution in [0.3, 0.4) is 0 Å². The van der Waals surface area contributed by atoms with Gasteiger partial charge in [0.2, 0.25) is 11.8 Å². The summed E-state index contributed by atoms with van der Waals surface area (Å²) >= 11 is 0. The second kappa shape index (κ2) is 8.96. The van der Waals surface area contributed by atoms with Crippen LogP contribution in [0.5, 0.6) is 0 Å². The highest BCUT2D eigenvalue weighted by molar-refractivity contribution is 5.87. The van der Waals surface area contributed by atoms with E-state index in [1.54, 1.807) is 0 Å². The Bertz CT molecular complexity index is 387. The van der Waals surface area contributed by atoms with Gasteiger partial charge in [-0.25, -0.2) is 0 Å². The lowest BCUT2D eigenvalue weighted by Gasteiger charge is -2.32. The van der Waals surface area contributed by atoms with Crippen LogP contribution in [0, 0.1) is 17.3 Å². The minimum Gasteiger partial charge on any atom is -0.369 e. The molecule has 0 aromatic carbocycles. The molecule has 3 N–H and O–H groups in total. The van der Waals surface area contributed by atoms with E-state index in [0.717, 1.165) is 0 Å². The fourth-order valence-electron chi connectivity index (χ4n) is 2.30. The zero-order valence-corrected chi connectivity index (χ0v) is 14.6. The maximum atomic E-state index is 12.6. The molecule has 0 aliphatic rings. The number of primary amides is 1. The second-order valence-electron chi connectivity index (χ2n) is 7.92. The number of allylic oxidation sites excluding steroid dienone is 2. The van der Waals surface area contributed by atoms with E-state index in [-0.39, 0.29) is 24.3 Å². The Morgan fingerprint density at radius 3 is 1.91 bits per heavy atom. The standard InChI is InChI=1S/C17H32N2O2.CH4/c1-8-9-10-12(14(18)20)13(11-16(2,3)4)15(21)19-17(5,6)7;/h8-9,12-13H,10-11H2,1-7H3,(H2,18,20)(H,19,21);1H4/b9-8+;/t12-,13+;/m0./s1. The van der Waals surface area contributed by atoms with Gasteiger partial charge in [-0.1, -0.05) is 40.3 Å². The summed E-state index contributed by atoms with van der Waals surface area (Å²) in [6.45, 7) is 13.9. The summed E-state index contributed by atoms with van der Waals surface area (Å²) in [4.78, 5) is 24.4. The lowest BCUT2D eigenvalue weighted by Crippen LogP contribution is -2.48. The van der Waals surface area contributed by atoms with Crippen LogP contribution in [0.2, 0.25) is 0 Å². The number of nitrogens with one attached hydrogen (secondary N) is 1. The summed E-state index contributed by atoms with van der Waals surface area (Å²) in [5.41, 5.74) is 5.17. The fourth-order valence-corrected chi connectivity index (χ4v) is 2.30. The number of carbonyl (C=O) groups is 2. The monoisotopic (exact) mass is 312 g/mol. The molecule has 22 heavy (non-hydrogen) atoms. The molecule has 0 spiro atoms. The molecule has 0 radical (unpaired) electrons. The molecule has 2 atom stereocenters. The van der Waals surface area contributed by atoms with E-state index in [1.165, 1.54) is 0 Å². The molecule has 0 heterocycles. The highest BCUT2D eigenvalue weighted by Crippen LogP contribution is 2.31. The SMILES string of the molecule is C.C/C=C/C[C@H](C(N)=O)[C@@H](CC(C)(C)C)C(=O)NC(C)(C)C. The van der Waals surface area contributed by atoms with Crippen molar-refractivity contribution in [3.8, 4) is 0 Å². The number of amides is 2. The number of nitrogens with two attached hydrogens (primary N) is 1.